The Morgan fingerprint density at radius 2 is 1.88 bits per heavy atom. The van der Waals surface area contributed by atoms with Gasteiger partial charge in [-0.2, -0.15) is 0 Å². The number of nitrogens with zero attached hydrogens (tertiary/aromatic N) is 3. The van der Waals surface area contributed by atoms with Crippen LogP contribution in [0.3, 0.4) is 0 Å². The van der Waals surface area contributed by atoms with E-state index in [0.717, 1.165) is 21.1 Å². The number of hydrogen-bond donors (Lipinski definition) is 1. The fourth-order valence-electron chi connectivity index (χ4n) is 1.39. The summed E-state index contributed by atoms with van der Waals surface area (Å²) in [4.78, 5) is 13.7. The number of aliphatic hydroxyl groups excluding tert-OH is 1. The van der Waals surface area contributed by atoms with E-state index in [1.54, 1.807) is 19.3 Å². The quantitative estimate of drug-likeness (QED) is 0.867. The predicted molar refractivity (Wildman–Crippen MR) is 63.2 cm³/mol. The Morgan fingerprint density at radius 3 is 2.38 bits per heavy atom. The first-order valence-electron chi connectivity index (χ1n) is 5.02. The van der Waals surface area contributed by atoms with Gasteiger partial charge in [0.2, 0.25) is 0 Å². The maximum absolute atomic E-state index is 9.54. The van der Waals surface area contributed by atoms with Gasteiger partial charge >= 0.3 is 0 Å². The van der Waals surface area contributed by atoms with Crippen molar-refractivity contribution in [1.82, 2.24) is 15.0 Å². The third-order valence-corrected chi connectivity index (χ3v) is 3.51. The van der Waals surface area contributed by atoms with Gasteiger partial charge in [0.1, 0.15) is 0 Å². The molecule has 0 spiro atoms. The fraction of sp³-hybridized carbons (Fsp3) is 0.364. The molecule has 2 rings (SSSR count). The fourth-order valence-corrected chi connectivity index (χ4v) is 2.35. The second kappa shape index (κ2) is 4.27. The van der Waals surface area contributed by atoms with Crippen LogP contribution in [0.15, 0.2) is 12.4 Å². The zero-order valence-corrected chi connectivity index (χ0v) is 10.2. The van der Waals surface area contributed by atoms with Gasteiger partial charge in [0.05, 0.1) is 16.7 Å². The number of aliphatic hydroxyl groups is 1. The molecule has 4 nitrogen and oxygen atoms in total. The number of aryl methyl sites for hydroxylation is 2. The molecule has 0 aliphatic carbocycles. The van der Waals surface area contributed by atoms with E-state index in [0.29, 0.717) is 5.82 Å². The van der Waals surface area contributed by atoms with E-state index in [1.165, 1.54) is 11.3 Å². The summed E-state index contributed by atoms with van der Waals surface area (Å²) < 4.78 is 0. The second-order valence-corrected chi connectivity index (χ2v) is 4.76. The molecule has 0 aromatic carbocycles. The van der Waals surface area contributed by atoms with Gasteiger partial charge in [0.15, 0.2) is 10.8 Å². The molecular weight excluding hydrogens is 222 g/mol. The highest BCUT2D eigenvalue weighted by Gasteiger charge is 2.14. The molecule has 5 heteroatoms. The second-order valence-electron chi connectivity index (χ2n) is 3.73. The third kappa shape index (κ3) is 2.10. The first-order chi connectivity index (χ1) is 7.58. The average molecular weight is 235 g/mol. The molecule has 2 heterocycles. The van der Waals surface area contributed by atoms with E-state index in [-0.39, 0.29) is 0 Å². The molecule has 0 aliphatic rings. The zero-order valence-electron chi connectivity index (χ0n) is 9.43. The van der Waals surface area contributed by atoms with E-state index in [9.17, 15) is 5.11 Å². The number of thiazole rings is 1. The van der Waals surface area contributed by atoms with Gasteiger partial charge in [-0.25, -0.2) is 15.0 Å². The molecule has 0 radical (unpaired) electrons. The van der Waals surface area contributed by atoms with Gasteiger partial charge < -0.3 is 5.11 Å². The van der Waals surface area contributed by atoms with E-state index in [1.807, 2.05) is 13.8 Å². The standard InChI is InChI=1S/C11H13N3OS/c1-6-4-12-10(13-5-6)11-14-7(2)9(16-11)8(3)15/h4-5,8,15H,1-3H3. The van der Waals surface area contributed by atoms with Crippen LogP contribution >= 0.6 is 11.3 Å². The molecular formula is C11H13N3OS. The lowest BCUT2D eigenvalue weighted by molar-refractivity contribution is 0.202. The molecule has 2 aromatic heterocycles. The maximum atomic E-state index is 9.54. The van der Waals surface area contributed by atoms with Crippen LogP contribution in [-0.4, -0.2) is 20.1 Å². The third-order valence-electron chi connectivity index (χ3n) is 2.18. The minimum Gasteiger partial charge on any atom is -0.388 e. The molecule has 84 valence electrons. The van der Waals surface area contributed by atoms with Gasteiger partial charge in [-0.15, -0.1) is 11.3 Å². The highest BCUT2D eigenvalue weighted by Crippen LogP contribution is 2.29. The smallest absolute Gasteiger partial charge is 0.188 e. The first kappa shape index (κ1) is 11.2. The van der Waals surface area contributed by atoms with E-state index in [2.05, 4.69) is 15.0 Å². The summed E-state index contributed by atoms with van der Waals surface area (Å²) in [5.41, 5.74) is 1.87. The molecule has 0 aliphatic heterocycles. The monoisotopic (exact) mass is 235 g/mol. The Bertz CT molecular complexity index is 490. The Morgan fingerprint density at radius 1 is 1.25 bits per heavy atom. The van der Waals surface area contributed by atoms with Crippen molar-refractivity contribution in [3.05, 3.63) is 28.5 Å². The molecule has 0 saturated heterocycles. The van der Waals surface area contributed by atoms with E-state index >= 15 is 0 Å². The molecule has 0 fully saturated rings. The Labute approximate surface area is 98.0 Å². The lowest BCUT2D eigenvalue weighted by atomic mass is 10.3. The van der Waals surface area contributed by atoms with Crippen molar-refractivity contribution < 1.29 is 5.11 Å². The Hall–Kier alpha value is -1.33. The largest absolute Gasteiger partial charge is 0.388 e. The first-order valence-corrected chi connectivity index (χ1v) is 5.84. The molecule has 0 saturated carbocycles. The summed E-state index contributed by atoms with van der Waals surface area (Å²) >= 11 is 1.44. The molecule has 0 amide bonds. The zero-order chi connectivity index (χ0) is 11.7. The molecule has 1 atom stereocenters. The number of aromatic nitrogens is 3. The highest BCUT2D eigenvalue weighted by atomic mass is 32.1. The minimum atomic E-state index is -0.489. The summed E-state index contributed by atoms with van der Waals surface area (Å²) in [6.07, 6.45) is 3.04. The predicted octanol–water partition coefficient (Wildman–Crippen LogP) is 2.27. The van der Waals surface area contributed by atoms with Crippen LogP contribution in [0.2, 0.25) is 0 Å². The number of rotatable bonds is 2. The van der Waals surface area contributed by atoms with Crippen molar-refractivity contribution in [2.75, 3.05) is 0 Å². The van der Waals surface area contributed by atoms with Crippen LogP contribution in [0.1, 0.15) is 29.2 Å². The molecule has 16 heavy (non-hydrogen) atoms. The van der Waals surface area contributed by atoms with Crippen molar-refractivity contribution in [3.63, 3.8) is 0 Å². The molecule has 2 aromatic rings. The normalized spacial score (nSPS) is 12.8. The lowest BCUT2D eigenvalue weighted by Crippen LogP contribution is -1.89. The maximum Gasteiger partial charge on any atom is 0.188 e. The van der Waals surface area contributed by atoms with Crippen molar-refractivity contribution in [1.29, 1.82) is 0 Å². The SMILES string of the molecule is Cc1cnc(-c2nc(C)c(C(C)O)s2)nc1. The van der Waals surface area contributed by atoms with Crippen LogP contribution in [0, 0.1) is 13.8 Å². The minimum absolute atomic E-state index is 0.489. The summed E-state index contributed by atoms with van der Waals surface area (Å²) in [6, 6.07) is 0. The number of hydrogen-bond acceptors (Lipinski definition) is 5. The lowest BCUT2D eigenvalue weighted by Gasteiger charge is -1.98. The van der Waals surface area contributed by atoms with Crippen LogP contribution in [0.4, 0.5) is 0 Å². The molecule has 1 N–H and O–H groups in total. The van der Waals surface area contributed by atoms with Gasteiger partial charge in [-0.05, 0) is 26.3 Å². The van der Waals surface area contributed by atoms with Crippen LogP contribution in [0.5, 0.6) is 0 Å². The van der Waals surface area contributed by atoms with E-state index in [4.69, 9.17) is 0 Å². The van der Waals surface area contributed by atoms with Crippen LogP contribution in [-0.2, 0) is 0 Å². The molecule has 1 unspecified atom stereocenters. The van der Waals surface area contributed by atoms with Gasteiger partial charge in [0.25, 0.3) is 0 Å². The van der Waals surface area contributed by atoms with Crippen molar-refractivity contribution in [2.45, 2.75) is 26.9 Å². The summed E-state index contributed by atoms with van der Waals surface area (Å²) in [6.45, 7) is 5.56. The van der Waals surface area contributed by atoms with E-state index < -0.39 is 6.10 Å². The summed E-state index contributed by atoms with van der Waals surface area (Å²) in [5.74, 6) is 0.616. The van der Waals surface area contributed by atoms with Crippen LogP contribution < -0.4 is 0 Å². The summed E-state index contributed by atoms with van der Waals surface area (Å²) in [5, 5.41) is 10.3. The van der Waals surface area contributed by atoms with Crippen molar-refractivity contribution >= 4 is 11.3 Å². The van der Waals surface area contributed by atoms with Crippen molar-refractivity contribution in [2.24, 2.45) is 0 Å². The average Bonchev–Trinajstić information content (AvgIpc) is 2.61. The van der Waals surface area contributed by atoms with Gasteiger partial charge in [-0.3, -0.25) is 0 Å². The Kier molecular flexibility index (Phi) is 2.98. The summed E-state index contributed by atoms with van der Waals surface area (Å²) in [7, 11) is 0. The van der Waals surface area contributed by atoms with Gasteiger partial charge in [-0.1, -0.05) is 0 Å². The van der Waals surface area contributed by atoms with Crippen molar-refractivity contribution in [3.8, 4) is 10.8 Å². The molecule has 0 bridgehead atoms. The van der Waals surface area contributed by atoms with Gasteiger partial charge in [0, 0.05) is 12.4 Å². The Balaban J connectivity index is 2.41. The highest BCUT2D eigenvalue weighted by molar-refractivity contribution is 7.15. The topological polar surface area (TPSA) is 58.9 Å². The van der Waals surface area contributed by atoms with Crippen LogP contribution in [0.25, 0.3) is 10.8 Å².